The van der Waals surface area contributed by atoms with Crippen molar-refractivity contribution in [2.45, 2.75) is 13.8 Å². The number of aldehydes is 1. The van der Waals surface area contributed by atoms with Crippen molar-refractivity contribution in [1.82, 2.24) is 9.97 Å². The van der Waals surface area contributed by atoms with Gasteiger partial charge in [-0.25, -0.2) is 0 Å². The predicted octanol–water partition coefficient (Wildman–Crippen LogP) is 8.38. The van der Waals surface area contributed by atoms with Crippen LogP contribution in [-0.4, -0.2) is 36.9 Å². The van der Waals surface area contributed by atoms with Crippen molar-refractivity contribution >= 4 is 102 Å². The Morgan fingerprint density at radius 2 is 1.24 bits per heavy atom. The summed E-state index contributed by atoms with van der Waals surface area (Å²) in [5, 5.41) is 4.02. The third-order valence-electron chi connectivity index (χ3n) is 4.94. The first kappa shape index (κ1) is 38.6. The van der Waals surface area contributed by atoms with Gasteiger partial charge in [0.05, 0.1) is 11.0 Å². The van der Waals surface area contributed by atoms with E-state index >= 15 is 0 Å². The third-order valence-corrected chi connectivity index (χ3v) is 5.67. The maximum absolute atomic E-state index is 10.7. The number of ketones is 1. The van der Waals surface area contributed by atoms with Gasteiger partial charge in [0.1, 0.15) is 0 Å². The van der Waals surface area contributed by atoms with Crippen LogP contribution in [0.5, 0.6) is 0 Å². The van der Waals surface area contributed by atoms with Crippen LogP contribution in [0.3, 0.4) is 0 Å². The van der Waals surface area contributed by atoms with E-state index in [1.54, 1.807) is 54.7 Å². The molecule has 5 rings (SSSR count). The molecular weight excluding hydrogens is 687 g/mol. The Hall–Kier alpha value is -3.36. The van der Waals surface area contributed by atoms with E-state index in [4.69, 9.17) is 48.2 Å². The number of nitrogen functional groups attached to an aromatic ring is 1. The van der Waals surface area contributed by atoms with E-state index in [9.17, 15) is 9.59 Å². The van der Waals surface area contributed by atoms with Crippen LogP contribution in [-0.2, 0) is 12.5 Å². The number of benzene rings is 3. The van der Waals surface area contributed by atoms with Crippen molar-refractivity contribution in [2.24, 2.45) is 0 Å². The molecule has 0 saturated heterocycles. The zero-order valence-electron chi connectivity index (χ0n) is 22.5. The van der Waals surface area contributed by atoms with Gasteiger partial charge < -0.3 is 5.73 Å². The molecule has 220 valence electrons. The number of hydrogen-bond acceptors (Lipinski definition) is 7. The molecule has 0 atom stereocenters. The number of pyridine rings is 2. The van der Waals surface area contributed by atoms with Crippen molar-refractivity contribution in [3.8, 4) is 0 Å². The zero-order chi connectivity index (χ0) is 30.8. The van der Waals surface area contributed by atoms with Gasteiger partial charge in [-0.3, -0.25) is 19.6 Å². The summed E-state index contributed by atoms with van der Waals surface area (Å²) < 4.78 is 16.9. The van der Waals surface area contributed by atoms with Gasteiger partial charge in [0.25, 0.3) is 0 Å². The summed E-state index contributed by atoms with van der Waals surface area (Å²) in [4.78, 5) is 28.7. The van der Waals surface area contributed by atoms with Crippen LogP contribution >= 0.6 is 47.2 Å². The number of halogens is 4. The topological polar surface area (TPSA) is 120 Å². The Balaban J connectivity index is 0.000000537. The molecule has 0 unspecified atom stereocenters. The molecule has 12 heteroatoms. The number of anilines is 1. The number of carbonyl (C=O) groups excluding carboxylic acids is 2. The fraction of sp³-hybridized carbons (Fsp3) is 0.0667. The molecule has 0 bridgehead atoms. The SMILES string of the molecule is C=CC(C)=O.Cc1ccnc2ccc(Cl)cc12.Cl.Nc1ccc(Cl)cc1.O=Cc1ccnc2ccc(Cl)cc12.O=[Se]=O. The number of carbonyl (C=O) groups is 2. The van der Waals surface area contributed by atoms with Crippen molar-refractivity contribution < 1.29 is 17.3 Å². The first-order valence-corrected chi connectivity index (χ1v) is 14.2. The summed E-state index contributed by atoms with van der Waals surface area (Å²) in [7, 11) is 0. The van der Waals surface area contributed by atoms with Gasteiger partial charge in [0, 0.05) is 49.5 Å². The zero-order valence-corrected chi connectivity index (χ0v) is 27.3. The fourth-order valence-electron chi connectivity index (χ4n) is 2.96. The van der Waals surface area contributed by atoms with E-state index in [0.717, 1.165) is 43.8 Å². The number of nitrogens with zero attached hydrogens (tertiary/aromatic N) is 2. The Labute approximate surface area is 271 Å². The second-order valence-corrected chi connectivity index (χ2v) is 9.50. The average Bonchev–Trinajstić information content (AvgIpc) is 2.96. The Morgan fingerprint density at radius 3 is 1.69 bits per heavy atom. The minimum absolute atomic E-state index is 0. The molecule has 3 aromatic carbocycles. The van der Waals surface area contributed by atoms with Crippen molar-refractivity contribution in [3.63, 3.8) is 0 Å². The molecule has 0 aliphatic carbocycles. The minimum atomic E-state index is -1.62. The molecule has 42 heavy (non-hydrogen) atoms. The number of aromatic nitrogens is 2. The van der Waals surface area contributed by atoms with E-state index in [1.165, 1.54) is 18.6 Å². The first-order chi connectivity index (χ1) is 19.6. The molecule has 0 amide bonds. The predicted molar refractivity (Wildman–Crippen MR) is 175 cm³/mol. The van der Waals surface area contributed by atoms with Crippen molar-refractivity contribution in [1.29, 1.82) is 0 Å². The molecule has 0 fully saturated rings. The number of nitrogens with two attached hydrogens (primary N) is 1. The fourth-order valence-corrected chi connectivity index (χ4v) is 3.43. The third kappa shape index (κ3) is 14.5. The maximum atomic E-state index is 10.7. The van der Waals surface area contributed by atoms with Gasteiger partial charge >= 0.3 is 22.5 Å². The van der Waals surface area contributed by atoms with Crippen molar-refractivity contribution in [2.75, 3.05) is 5.73 Å². The molecular formula is C30H27Cl4N3O4Se. The number of hydrogen-bond donors (Lipinski definition) is 1. The number of fused-ring (bicyclic) bond motifs is 2. The van der Waals surface area contributed by atoms with Gasteiger partial charge in [-0.2, -0.15) is 0 Å². The summed E-state index contributed by atoms with van der Waals surface area (Å²) in [5.74, 6) is 0.0185. The van der Waals surface area contributed by atoms with Gasteiger partial charge in [-0.1, -0.05) is 41.4 Å². The normalized spacial score (nSPS) is 8.98. The summed E-state index contributed by atoms with van der Waals surface area (Å²) in [5.41, 5.74) is 9.73. The van der Waals surface area contributed by atoms with E-state index in [1.807, 2.05) is 30.5 Å². The van der Waals surface area contributed by atoms with Gasteiger partial charge in [0.15, 0.2) is 12.1 Å². The molecule has 0 aliphatic rings. The second kappa shape index (κ2) is 21.4. The molecule has 2 heterocycles. The molecule has 2 aromatic heterocycles. The average molecular weight is 714 g/mol. The van der Waals surface area contributed by atoms with Crippen molar-refractivity contribution in [3.05, 3.63) is 124 Å². The Bertz CT molecular complexity index is 1620. The molecule has 2 N–H and O–H groups in total. The summed E-state index contributed by atoms with van der Waals surface area (Å²) in [6.45, 7) is 6.73. The number of rotatable bonds is 2. The second-order valence-electron chi connectivity index (χ2n) is 7.90. The van der Waals surface area contributed by atoms with E-state index in [0.29, 0.717) is 10.6 Å². The van der Waals surface area contributed by atoms with Crippen LogP contribution in [0.4, 0.5) is 5.69 Å². The Morgan fingerprint density at radius 1 is 0.810 bits per heavy atom. The van der Waals surface area contributed by atoms with Gasteiger partial charge in [-0.15, -0.1) is 12.4 Å². The molecule has 0 saturated carbocycles. The van der Waals surface area contributed by atoms with Crippen LogP contribution in [0.25, 0.3) is 21.8 Å². The standard InChI is InChI=1S/C10H6ClNO.C10H8ClN.C6H6ClN.C4H6O.ClH.O2Se/c11-8-1-2-10-9(5-8)7(6-13)3-4-12-10;1-7-4-5-12-10-3-2-8(11)6-9(7)10;7-5-1-3-6(8)4-2-5;1-3-4(2)5;;1-3-2/h1-6H;2-6H,1H3;1-4H,8H2;3H,1H2,2H3;1H;. The summed E-state index contributed by atoms with van der Waals surface area (Å²) in [6, 6.07) is 21.7. The molecule has 5 aromatic rings. The van der Waals surface area contributed by atoms with Gasteiger partial charge in [-0.05, 0) is 98.3 Å². The molecule has 7 nitrogen and oxygen atoms in total. The molecule has 0 aliphatic heterocycles. The van der Waals surface area contributed by atoms with Crippen LogP contribution < -0.4 is 5.73 Å². The van der Waals surface area contributed by atoms with Crippen LogP contribution in [0.15, 0.2) is 97.8 Å². The number of allylic oxidation sites excluding steroid dienone is 1. The van der Waals surface area contributed by atoms with E-state index in [2.05, 4.69) is 23.5 Å². The van der Waals surface area contributed by atoms with Crippen LogP contribution in [0.1, 0.15) is 22.8 Å². The quantitative estimate of drug-likeness (QED) is 0.0845. The monoisotopic (exact) mass is 713 g/mol. The van der Waals surface area contributed by atoms with E-state index < -0.39 is 14.8 Å². The van der Waals surface area contributed by atoms with Gasteiger partial charge in [0.2, 0.25) is 0 Å². The number of aryl methyl sites for hydroxylation is 1. The van der Waals surface area contributed by atoms with Crippen LogP contribution in [0, 0.1) is 6.92 Å². The molecule has 0 spiro atoms. The van der Waals surface area contributed by atoms with E-state index in [-0.39, 0.29) is 18.2 Å². The molecule has 0 radical (unpaired) electrons. The summed E-state index contributed by atoms with van der Waals surface area (Å²) >= 11 is 15.6. The first-order valence-electron chi connectivity index (χ1n) is 11.6. The Kier molecular flexibility index (Phi) is 19.6. The summed E-state index contributed by atoms with van der Waals surface area (Å²) in [6.07, 6.45) is 5.51. The van der Waals surface area contributed by atoms with Crippen LogP contribution in [0.2, 0.25) is 15.1 Å².